The second-order valence-electron chi connectivity index (χ2n) is 5.81. The Hall–Kier alpha value is -2.05. The van der Waals surface area contributed by atoms with Gasteiger partial charge in [0.25, 0.3) is 0 Å². The Morgan fingerprint density at radius 3 is 2.83 bits per heavy atom. The lowest BCUT2D eigenvalue weighted by molar-refractivity contribution is -0.135. The summed E-state index contributed by atoms with van der Waals surface area (Å²) in [5.41, 5.74) is 2.28. The Bertz CT molecular complexity index is 760. The molecule has 128 valence electrons. The van der Waals surface area contributed by atoms with Crippen LogP contribution in [0.25, 0.3) is 0 Å². The molecule has 0 radical (unpaired) electrons. The van der Waals surface area contributed by atoms with Crippen LogP contribution in [0.1, 0.15) is 23.0 Å². The highest BCUT2D eigenvalue weighted by Gasteiger charge is 2.30. The second-order valence-corrected chi connectivity index (χ2v) is 6.19. The lowest BCUT2D eigenvalue weighted by atomic mass is 10.1. The van der Waals surface area contributed by atoms with Crippen molar-refractivity contribution in [2.24, 2.45) is 0 Å². The van der Waals surface area contributed by atoms with Gasteiger partial charge in [0, 0.05) is 5.56 Å². The summed E-state index contributed by atoms with van der Waals surface area (Å²) in [6.07, 6.45) is 0. The minimum absolute atomic E-state index is 0.0814. The molecule has 1 aliphatic rings. The highest BCUT2D eigenvalue weighted by Crippen LogP contribution is 2.32. The third-order valence-electron chi connectivity index (χ3n) is 4.32. The van der Waals surface area contributed by atoms with Gasteiger partial charge in [-0.2, -0.15) is 5.10 Å². The van der Waals surface area contributed by atoms with Gasteiger partial charge in [-0.15, -0.1) is 0 Å². The van der Waals surface area contributed by atoms with Crippen molar-refractivity contribution < 1.29 is 14.6 Å². The first-order valence-corrected chi connectivity index (χ1v) is 8.22. The van der Waals surface area contributed by atoms with E-state index in [0.717, 1.165) is 11.3 Å². The SMILES string of the molecule is Cc1nn(CC(=O)N2CCOc3ccccc3C2CO)c(C)c1Cl. The van der Waals surface area contributed by atoms with Crippen LogP contribution in [-0.4, -0.2) is 45.5 Å². The maximum atomic E-state index is 12.8. The molecule has 6 nitrogen and oxygen atoms in total. The molecule has 1 amide bonds. The smallest absolute Gasteiger partial charge is 0.245 e. The quantitative estimate of drug-likeness (QED) is 0.921. The first kappa shape index (κ1) is 16.8. The minimum atomic E-state index is -0.427. The maximum Gasteiger partial charge on any atom is 0.245 e. The topological polar surface area (TPSA) is 67.6 Å². The van der Waals surface area contributed by atoms with Crippen molar-refractivity contribution in [3.8, 4) is 5.75 Å². The molecule has 0 spiro atoms. The Kier molecular flexibility index (Phi) is 4.78. The summed E-state index contributed by atoms with van der Waals surface area (Å²) in [6, 6.07) is 7.06. The van der Waals surface area contributed by atoms with Crippen LogP contribution in [0.4, 0.5) is 0 Å². The number of rotatable bonds is 3. The second kappa shape index (κ2) is 6.83. The number of aromatic nitrogens is 2. The standard InChI is InChI=1S/C17H20ClN3O3/c1-11-17(18)12(2)21(19-11)9-16(23)20-7-8-24-15-6-4-3-5-13(15)14(20)10-22/h3-6,14,22H,7-10H2,1-2H3. The average Bonchev–Trinajstić information content (AvgIpc) is 2.77. The highest BCUT2D eigenvalue weighted by molar-refractivity contribution is 6.31. The van der Waals surface area contributed by atoms with Gasteiger partial charge in [-0.05, 0) is 19.9 Å². The van der Waals surface area contributed by atoms with E-state index >= 15 is 0 Å². The number of aliphatic hydroxyl groups is 1. The molecule has 24 heavy (non-hydrogen) atoms. The molecule has 7 heteroatoms. The Morgan fingerprint density at radius 2 is 2.17 bits per heavy atom. The summed E-state index contributed by atoms with van der Waals surface area (Å²) in [7, 11) is 0. The van der Waals surface area contributed by atoms with Crippen LogP contribution in [0, 0.1) is 13.8 Å². The Balaban J connectivity index is 1.87. The molecule has 1 unspecified atom stereocenters. The minimum Gasteiger partial charge on any atom is -0.491 e. The van der Waals surface area contributed by atoms with E-state index in [4.69, 9.17) is 16.3 Å². The Morgan fingerprint density at radius 1 is 1.42 bits per heavy atom. The van der Waals surface area contributed by atoms with E-state index < -0.39 is 6.04 Å². The number of aryl methyl sites for hydroxylation is 1. The van der Waals surface area contributed by atoms with E-state index in [-0.39, 0.29) is 19.1 Å². The van der Waals surface area contributed by atoms with Crippen molar-refractivity contribution >= 4 is 17.5 Å². The molecule has 0 aliphatic carbocycles. The molecule has 0 fully saturated rings. The van der Waals surface area contributed by atoms with E-state index in [0.29, 0.717) is 29.6 Å². The van der Waals surface area contributed by atoms with Crippen molar-refractivity contribution in [2.45, 2.75) is 26.4 Å². The van der Waals surface area contributed by atoms with E-state index in [1.54, 1.807) is 9.58 Å². The number of halogens is 1. The molecule has 0 bridgehead atoms. The van der Waals surface area contributed by atoms with Crippen LogP contribution >= 0.6 is 11.6 Å². The first-order valence-electron chi connectivity index (χ1n) is 7.84. The van der Waals surface area contributed by atoms with Crippen molar-refractivity contribution in [3.05, 3.63) is 46.2 Å². The van der Waals surface area contributed by atoms with Gasteiger partial charge in [-0.25, -0.2) is 0 Å². The number of benzene rings is 1. The van der Waals surface area contributed by atoms with Crippen molar-refractivity contribution in [2.75, 3.05) is 19.8 Å². The fourth-order valence-electron chi connectivity index (χ4n) is 3.01. The molecule has 1 aromatic heterocycles. The Labute approximate surface area is 145 Å². The maximum absolute atomic E-state index is 12.8. The number of hydrogen-bond donors (Lipinski definition) is 1. The number of carbonyl (C=O) groups is 1. The van der Waals surface area contributed by atoms with Crippen LogP contribution in [-0.2, 0) is 11.3 Å². The zero-order valence-corrected chi connectivity index (χ0v) is 14.5. The molecule has 1 atom stereocenters. The number of amides is 1. The fourth-order valence-corrected chi connectivity index (χ4v) is 3.14. The molecular formula is C17H20ClN3O3. The number of fused-ring (bicyclic) bond motifs is 1. The fraction of sp³-hybridized carbons (Fsp3) is 0.412. The van der Waals surface area contributed by atoms with Gasteiger partial charge < -0.3 is 14.7 Å². The van der Waals surface area contributed by atoms with E-state index in [1.807, 2.05) is 38.1 Å². The summed E-state index contributed by atoms with van der Waals surface area (Å²) >= 11 is 6.15. The van der Waals surface area contributed by atoms with Gasteiger partial charge in [0.15, 0.2) is 0 Å². The lowest BCUT2D eigenvalue weighted by Crippen LogP contribution is -2.40. The number of carbonyl (C=O) groups excluding carboxylic acids is 1. The average molecular weight is 350 g/mol. The van der Waals surface area contributed by atoms with Crippen molar-refractivity contribution in [3.63, 3.8) is 0 Å². The zero-order valence-electron chi connectivity index (χ0n) is 13.7. The number of nitrogens with zero attached hydrogens (tertiary/aromatic N) is 3. The van der Waals surface area contributed by atoms with Crippen LogP contribution in [0.2, 0.25) is 5.02 Å². The van der Waals surface area contributed by atoms with Gasteiger partial charge in [-0.3, -0.25) is 9.48 Å². The molecule has 2 heterocycles. The molecule has 1 aliphatic heterocycles. The van der Waals surface area contributed by atoms with Crippen LogP contribution in [0.3, 0.4) is 0 Å². The van der Waals surface area contributed by atoms with Crippen LogP contribution < -0.4 is 4.74 Å². The van der Waals surface area contributed by atoms with Gasteiger partial charge >= 0.3 is 0 Å². The van der Waals surface area contributed by atoms with E-state index in [2.05, 4.69) is 5.10 Å². The van der Waals surface area contributed by atoms with Gasteiger partial charge in [0.05, 0.1) is 35.6 Å². The third kappa shape index (κ3) is 2.99. The van der Waals surface area contributed by atoms with Crippen LogP contribution in [0.5, 0.6) is 5.75 Å². The first-order chi connectivity index (χ1) is 11.5. The summed E-state index contributed by atoms with van der Waals surface area (Å²) in [6.45, 7) is 4.35. The molecular weight excluding hydrogens is 330 g/mol. The molecule has 3 rings (SSSR count). The van der Waals surface area contributed by atoms with Gasteiger partial charge in [0.2, 0.25) is 5.91 Å². The van der Waals surface area contributed by atoms with Crippen molar-refractivity contribution in [1.29, 1.82) is 0 Å². The van der Waals surface area contributed by atoms with Crippen molar-refractivity contribution in [1.82, 2.24) is 14.7 Å². The largest absolute Gasteiger partial charge is 0.491 e. The number of hydrogen-bond acceptors (Lipinski definition) is 4. The summed E-state index contributed by atoms with van der Waals surface area (Å²) in [4.78, 5) is 14.5. The number of ether oxygens (including phenoxy) is 1. The zero-order chi connectivity index (χ0) is 17.3. The van der Waals surface area contributed by atoms with Gasteiger partial charge in [-0.1, -0.05) is 29.8 Å². The summed E-state index contributed by atoms with van der Waals surface area (Å²) < 4.78 is 7.31. The normalized spacial score (nSPS) is 17.2. The predicted octanol–water partition coefficient (Wildman–Crippen LogP) is 2.11. The van der Waals surface area contributed by atoms with E-state index in [9.17, 15) is 9.90 Å². The third-order valence-corrected chi connectivity index (χ3v) is 4.86. The van der Waals surface area contributed by atoms with E-state index in [1.165, 1.54) is 0 Å². The summed E-state index contributed by atoms with van der Waals surface area (Å²) in [5, 5.41) is 14.7. The monoisotopic (exact) mass is 349 g/mol. The highest BCUT2D eigenvalue weighted by atomic mass is 35.5. The predicted molar refractivity (Wildman–Crippen MR) is 90.2 cm³/mol. The summed E-state index contributed by atoms with van der Waals surface area (Å²) in [5.74, 6) is 0.581. The number of para-hydroxylation sites is 1. The molecule has 1 aromatic carbocycles. The molecule has 1 N–H and O–H groups in total. The number of aliphatic hydroxyl groups excluding tert-OH is 1. The molecule has 2 aromatic rings. The molecule has 0 saturated heterocycles. The lowest BCUT2D eigenvalue weighted by Gasteiger charge is -2.28. The molecule has 0 saturated carbocycles. The van der Waals surface area contributed by atoms with Crippen LogP contribution in [0.15, 0.2) is 24.3 Å². The van der Waals surface area contributed by atoms with Gasteiger partial charge in [0.1, 0.15) is 18.9 Å².